The predicted octanol–water partition coefficient (Wildman–Crippen LogP) is -1.70. The second-order valence-electron chi connectivity index (χ2n) is 2.33. The summed E-state index contributed by atoms with van der Waals surface area (Å²) in [6, 6.07) is 0. The van der Waals surface area contributed by atoms with Gasteiger partial charge in [-0.2, -0.15) is 0 Å². The van der Waals surface area contributed by atoms with Crippen LogP contribution in [0.2, 0.25) is 0 Å². The molecular formula is C6H14N2O4S. The first-order valence-electron chi connectivity index (χ1n) is 3.70. The van der Waals surface area contributed by atoms with E-state index in [1.165, 1.54) is 0 Å². The number of sulfonamides is 1. The number of carbonyl (C=O) groups is 1. The molecule has 0 rings (SSSR count). The van der Waals surface area contributed by atoms with Gasteiger partial charge in [-0.1, -0.05) is 0 Å². The average molecular weight is 210 g/mol. The van der Waals surface area contributed by atoms with Crippen LogP contribution in [0.3, 0.4) is 0 Å². The largest absolute Gasteiger partial charge is 0.468 e. The normalized spacial score (nSPS) is 11.2. The first kappa shape index (κ1) is 12.3. The lowest BCUT2D eigenvalue weighted by Gasteiger charge is -2.04. The van der Waals surface area contributed by atoms with Crippen LogP contribution in [0, 0.1) is 0 Å². The highest BCUT2D eigenvalue weighted by atomic mass is 32.2. The maximum Gasteiger partial charge on any atom is 0.322 e. The third kappa shape index (κ3) is 6.50. The summed E-state index contributed by atoms with van der Waals surface area (Å²) in [5.41, 5.74) is 0. The summed E-state index contributed by atoms with van der Waals surface area (Å²) in [6.45, 7) is 0.774. The Kier molecular flexibility index (Phi) is 5.60. The van der Waals surface area contributed by atoms with E-state index in [1.54, 1.807) is 7.05 Å². The van der Waals surface area contributed by atoms with E-state index in [9.17, 15) is 13.2 Å². The molecule has 0 fully saturated rings. The van der Waals surface area contributed by atoms with E-state index in [0.29, 0.717) is 6.54 Å². The summed E-state index contributed by atoms with van der Waals surface area (Å²) in [4.78, 5) is 10.6. The summed E-state index contributed by atoms with van der Waals surface area (Å²) in [7, 11) is -0.682. The van der Waals surface area contributed by atoms with Gasteiger partial charge in [0.2, 0.25) is 10.0 Å². The fraction of sp³-hybridized carbons (Fsp3) is 0.833. The molecule has 0 unspecified atom stereocenters. The second kappa shape index (κ2) is 5.90. The Morgan fingerprint density at radius 3 is 2.46 bits per heavy atom. The van der Waals surface area contributed by atoms with Gasteiger partial charge in [-0.25, -0.2) is 13.1 Å². The van der Waals surface area contributed by atoms with Gasteiger partial charge in [0.05, 0.1) is 7.11 Å². The number of carbonyl (C=O) groups excluding carboxylic acids is 1. The molecule has 0 aliphatic heterocycles. The number of rotatable bonds is 6. The summed E-state index contributed by atoms with van der Waals surface area (Å²) in [5, 5.41) is 2.76. The molecule has 0 atom stereocenters. The first-order chi connectivity index (χ1) is 6.02. The molecule has 6 nitrogen and oxygen atoms in total. The number of nitrogens with one attached hydrogen (secondary N) is 2. The fourth-order valence-electron chi connectivity index (χ4n) is 0.597. The minimum absolute atomic E-state index is 0.260. The molecule has 7 heteroatoms. The van der Waals surface area contributed by atoms with E-state index in [1.807, 2.05) is 0 Å². The van der Waals surface area contributed by atoms with E-state index in [-0.39, 0.29) is 6.54 Å². The van der Waals surface area contributed by atoms with Crippen LogP contribution in [0.1, 0.15) is 0 Å². The number of likely N-dealkylation sites (N-methyl/N-ethyl adjacent to an activating group) is 1. The predicted molar refractivity (Wildman–Crippen MR) is 47.7 cm³/mol. The molecule has 0 saturated carbocycles. The Balaban J connectivity index is 3.88. The van der Waals surface area contributed by atoms with Crippen LogP contribution in [0.25, 0.3) is 0 Å². The number of ether oxygens (including phenoxy) is 1. The van der Waals surface area contributed by atoms with Crippen LogP contribution >= 0.6 is 0 Å². The molecule has 0 aromatic heterocycles. The van der Waals surface area contributed by atoms with E-state index < -0.39 is 21.7 Å². The molecule has 13 heavy (non-hydrogen) atoms. The van der Waals surface area contributed by atoms with Crippen molar-refractivity contribution in [1.82, 2.24) is 10.0 Å². The van der Waals surface area contributed by atoms with Crippen LogP contribution < -0.4 is 10.0 Å². The van der Waals surface area contributed by atoms with Crippen molar-refractivity contribution in [3.05, 3.63) is 0 Å². The molecule has 0 saturated heterocycles. The van der Waals surface area contributed by atoms with Crippen LogP contribution in [-0.4, -0.2) is 47.4 Å². The van der Waals surface area contributed by atoms with Gasteiger partial charge in [-0.15, -0.1) is 0 Å². The summed E-state index contributed by atoms with van der Waals surface area (Å²) < 4.78 is 28.5. The second-order valence-corrected chi connectivity index (χ2v) is 4.14. The third-order valence-corrected chi connectivity index (χ3v) is 2.49. The van der Waals surface area contributed by atoms with Crippen molar-refractivity contribution in [1.29, 1.82) is 0 Å². The van der Waals surface area contributed by atoms with Crippen molar-refractivity contribution in [2.45, 2.75) is 0 Å². The van der Waals surface area contributed by atoms with Crippen molar-refractivity contribution in [3.63, 3.8) is 0 Å². The molecule has 0 radical (unpaired) electrons. The zero-order valence-corrected chi connectivity index (χ0v) is 8.48. The van der Waals surface area contributed by atoms with Gasteiger partial charge in [0, 0.05) is 13.1 Å². The molecule has 2 N–H and O–H groups in total. The van der Waals surface area contributed by atoms with E-state index in [0.717, 1.165) is 7.11 Å². The molecule has 0 bridgehead atoms. The van der Waals surface area contributed by atoms with Gasteiger partial charge in [0.1, 0.15) is 0 Å². The number of esters is 1. The van der Waals surface area contributed by atoms with Crippen molar-refractivity contribution in [3.8, 4) is 0 Å². The highest BCUT2D eigenvalue weighted by Crippen LogP contribution is 1.85. The minimum atomic E-state index is -3.53. The summed E-state index contributed by atoms with van der Waals surface area (Å²) >= 11 is 0. The maximum atomic E-state index is 11.0. The van der Waals surface area contributed by atoms with Gasteiger partial charge in [-0.3, -0.25) is 4.79 Å². The monoisotopic (exact) mass is 210 g/mol. The van der Waals surface area contributed by atoms with Crippen LogP contribution in [0.5, 0.6) is 0 Å². The summed E-state index contributed by atoms with van der Waals surface area (Å²) in [5.74, 6) is -1.40. The van der Waals surface area contributed by atoms with Crippen LogP contribution in [-0.2, 0) is 19.6 Å². The van der Waals surface area contributed by atoms with Gasteiger partial charge in [0.25, 0.3) is 0 Å². The quantitative estimate of drug-likeness (QED) is 0.403. The minimum Gasteiger partial charge on any atom is -0.468 e. The Hall–Kier alpha value is -0.660. The van der Waals surface area contributed by atoms with Gasteiger partial charge >= 0.3 is 5.97 Å². The van der Waals surface area contributed by atoms with E-state index in [2.05, 4.69) is 14.8 Å². The Morgan fingerprint density at radius 2 is 2.00 bits per heavy atom. The molecule has 78 valence electrons. The van der Waals surface area contributed by atoms with Gasteiger partial charge in [-0.05, 0) is 7.05 Å². The number of hydrogen-bond donors (Lipinski definition) is 2. The first-order valence-corrected chi connectivity index (χ1v) is 5.36. The zero-order chi connectivity index (χ0) is 10.3. The zero-order valence-electron chi connectivity index (χ0n) is 7.66. The molecular weight excluding hydrogens is 196 g/mol. The van der Waals surface area contributed by atoms with Gasteiger partial charge < -0.3 is 10.1 Å². The highest BCUT2D eigenvalue weighted by Gasteiger charge is 2.15. The van der Waals surface area contributed by atoms with Gasteiger partial charge in [0.15, 0.2) is 5.75 Å². The Morgan fingerprint density at radius 1 is 1.38 bits per heavy atom. The van der Waals surface area contributed by atoms with E-state index >= 15 is 0 Å². The molecule has 0 aliphatic rings. The van der Waals surface area contributed by atoms with Crippen LogP contribution in [0.4, 0.5) is 0 Å². The molecule has 0 spiro atoms. The van der Waals surface area contributed by atoms with Crippen molar-refractivity contribution < 1.29 is 17.9 Å². The average Bonchev–Trinajstić information content (AvgIpc) is 2.03. The smallest absolute Gasteiger partial charge is 0.322 e. The number of hydrogen-bond acceptors (Lipinski definition) is 5. The third-order valence-electron chi connectivity index (χ3n) is 1.23. The molecule has 0 aromatic rings. The molecule has 0 aromatic carbocycles. The Labute approximate surface area is 77.7 Å². The molecule has 0 aliphatic carbocycles. The lowest BCUT2D eigenvalue weighted by molar-refractivity contribution is -0.137. The summed E-state index contributed by atoms with van der Waals surface area (Å²) in [6.07, 6.45) is 0. The van der Waals surface area contributed by atoms with E-state index in [4.69, 9.17) is 0 Å². The molecule has 0 heterocycles. The van der Waals surface area contributed by atoms with Crippen molar-refractivity contribution >= 4 is 16.0 Å². The Bertz CT molecular complexity index is 249. The fourth-order valence-corrected chi connectivity index (χ4v) is 1.54. The lowest BCUT2D eigenvalue weighted by atomic mass is 10.7. The SMILES string of the molecule is CNCCNS(=O)(=O)CC(=O)OC. The highest BCUT2D eigenvalue weighted by molar-refractivity contribution is 7.90. The maximum absolute atomic E-state index is 11.0. The van der Waals surface area contributed by atoms with Crippen molar-refractivity contribution in [2.75, 3.05) is 33.0 Å². The molecule has 0 amide bonds. The lowest BCUT2D eigenvalue weighted by Crippen LogP contribution is -2.34. The van der Waals surface area contributed by atoms with Crippen molar-refractivity contribution in [2.24, 2.45) is 0 Å². The topological polar surface area (TPSA) is 84.5 Å². The number of methoxy groups -OCH3 is 1. The van der Waals surface area contributed by atoms with Crippen LogP contribution in [0.15, 0.2) is 0 Å². The standard InChI is InChI=1S/C6H14N2O4S/c1-7-3-4-8-13(10,11)5-6(9)12-2/h7-8H,3-5H2,1-2H3.